The first kappa shape index (κ1) is 30.3. The topological polar surface area (TPSA) is 81.4 Å². The maximum absolute atomic E-state index is 4.42. The van der Waals surface area contributed by atoms with E-state index >= 15 is 0 Å². The second-order valence-corrected chi connectivity index (χ2v) is 13.6. The van der Waals surface area contributed by atoms with Gasteiger partial charge in [-0.05, 0) is 96.2 Å². The van der Waals surface area contributed by atoms with Gasteiger partial charge in [-0.1, -0.05) is 61.7 Å². The average molecular weight is 647 g/mol. The van der Waals surface area contributed by atoms with Crippen molar-refractivity contribution in [3.63, 3.8) is 0 Å². The Hall–Kier alpha value is -4.40. The zero-order chi connectivity index (χ0) is 31.0. The molecular formula is C38H42N6S2. The van der Waals surface area contributed by atoms with Gasteiger partial charge < -0.3 is 10.6 Å². The zero-order valence-electron chi connectivity index (χ0n) is 26.0. The minimum atomic E-state index is 0. The van der Waals surface area contributed by atoms with E-state index in [1.165, 1.54) is 85.6 Å². The van der Waals surface area contributed by atoms with Crippen LogP contribution in [0.15, 0.2) is 100 Å². The van der Waals surface area contributed by atoms with Crippen molar-refractivity contribution in [2.24, 2.45) is 0 Å². The predicted octanol–water partition coefficient (Wildman–Crippen LogP) is 12.0. The van der Waals surface area contributed by atoms with Crippen LogP contribution >= 0.6 is 22.7 Å². The molecule has 2 aliphatic rings. The number of allylic oxidation sites excluding steroid dienone is 2. The molecule has 0 spiro atoms. The van der Waals surface area contributed by atoms with E-state index in [4.69, 9.17) is 0 Å². The molecule has 236 valence electrons. The summed E-state index contributed by atoms with van der Waals surface area (Å²) in [7, 11) is 0. The molecule has 8 rings (SSSR count). The van der Waals surface area contributed by atoms with Crippen LogP contribution in [-0.2, 0) is 0 Å². The van der Waals surface area contributed by atoms with Gasteiger partial charge in [-0.2, -0.15) is 32.9 Å². The van der Waals surface area contributed by atoms with Crippen LogP contribution < -0.4 is 10.6 Å². The second kappa shape index (κ2) is 14.8. The first-order chi connectivity index (χ1) is 22.8. The Labute approximate surface area is 280 Å². The third-order valence-corrected chi connectivity index (χ3v) is 10.4. The smallest absolute Gasteiger partial charge is 0.152 e. The number of anilines is 4. The minimum absolute atomic E-state index is 0. The highest BCUT2D eigenvalue weighted by atomic mass is 32.1. The zero-order valence-corrected chi connectivity index (χ0v) is 27.6. The van der Waals surface area contributed by atoms with Crippen LogP contribution in [0, 0.1) is 0 Å². The number of rotatable bonds is 8. The number of nitrogens with zero attached hydrogens (tertiary/aromatic N) is 2. The first-order valence-electron chi connectivity index (χ1n) is 16.4. The first-order valence-corrected chi connectivity index (χ1v) is 18.3. The van der Waals surface area contributed by atoms with E-state index in [9.17, 15) is 0 Å². The number of thiophene rings is 2. The van der Waals surface area contributed by atoms with E-state index in [-0.39, 0.29) is 1.43 Å². The van der Waals surface area contributed by atoms with Crippen molar-refractivity contribution in [3.8, 4) is 22.5 Å². The Kier molecular flexibility index (Phi) is 9.73. The maximum Gasteiger partial charge on any atom is 0.152 e. The molecule has 0 saturated heterocycles. The van der Waals surface area contributed by atoms with Crippen LogP contribution in [0.5, 0.6) is 0 Å². The van der Waals surface area contributed by atoms with E-state index in [2.05, 4.69) is 70.8 Å². The number of aromatic nitrogens is 4. The molecule has 0 aliphatic heterocycles. The fourth-order valence-corrected chi connectivity index (χ4v) is 8.28. The molecule has 6 aromatic rings. The van der Waals surface area contributed by atoms with E-state index in [1.807, 2.05) is 60.7 Å². The monoisotopic (exact) mass is 646 g/mol. The van der Waals surface area contributed by atoms with E-state index in [0.29, 0.717) is 0 Å². The Morgan fingerprint density at radius 1 is 0.630 bits per heavy atom. The number of hydrogen-bond donors (Lipinski definition) is 4. The lowest BCUT2D eigenvalue weighted by Crippen LogP contribution is -2.04. The number of benzene rings is 2. The molecule has 2 aliphatic carbocycles. The molecule has 4 heterocycles. The van der Waals surface area contributed by atoms with Crippen molar-refractivity contribution in [3.05, 3.63) is 112 Å². The van der Waals surface area contributed by atoms with E-state index in [1.54, 1.807) is 22.7 Å². The molecular weight excluding hydrogens is 605 g/mol. The maximum atomic E-state index is 4.42. The van der Waals surface area contributed by atoms with Crippen molar-refractivity contribution < 1.29 is 1.43 Å². The Morgan fingerprint density at radius 3 is 1.85 bits per heavy atom. The molecule has 2 aromatic carbocycles. The number of para-hydroxylation sites is 2. The molecule has 0 bridgehead atoms. The van der Waals surface area contributed by atoms with Gasteiger partial charge in [0.1, 0.15) is 0 Å². The summed E-state index contributed by atoms with van der Waals surface area (Å²) >= 11 is 3.56. The van der Waals surface area contributed by atoms with E-state index in [0.717, 1.165) is 40.3 Å². The van der Waals surface area contributed by atoms with Gasteiger partial charge >= 0.3 is 0 Å². The lowest BCUT2D eigenvalue weighted by Gasteiger charge is -2.22. The number of aromatic amines is 2. The van der Waals surface area contributed by atoms with Crippen LogP contribution in [0.4, 0.5) is 23.0 Å². The molecule has 0 radical (unpaired) electrons. The lowest BCUT2D eigenvalue weighted by molar-refractivity contribution is 0.445. The van der Waals surface area contributed by atoms with E-state index < -0.39 is 0 Å². The van der Waals surface area contributed by atoms with Crippen molar-refractivity contribution in [2.75, 3.05) is 10.6 Å². The molecule has 4 N–H and O–H groups in total. The van der Waals surface area contributed by atoms with Gasteiger partial charge in [0.15, 0.2) is 11.6 Å². The third-order valence-electron chi connectivity index (χ3n) is 8.86. The average Bonchev–Trinajstić information content (AvgIpc) is 3.94. The van der Waals surface area contributed by atoms with Crippen LogP contribution in [0.2, 0.25) is 0 Å². The van der Waals surface area contributed by atoms with Crippen molar-refractivity contribution in [2.45, 2.75) is 63.7 Å². The molecule has 1 saturated carbocycles. The fourth-order valence-electron chi connectivity index (χ4n) is 6.48. The van der Waals surface area contributed by atoms with Gasteiger partial charge in [0.25, 0.3) is 0 Å². The molecule has 6 nitrogen and oxygen atoms in total. The van der Waals surface area contributed by atoms with Crippen LogP contribution in [0.1, 0.15) is 76.3 Å². The lowest BCUT2D eigenvalue weighted by atomic mass is 9.83. The molecule has 0 unspecified atom stereocenters. The van der Waals surface area contributed by atoms with Gasteiger partial charge in [-0.15, -0.1) is 0 Å². The van der Waals surface area contributed by atoms with Gasteiger partial charge in [0.05, 0.1) is 11.4 Å². The largest absolute Gasteiger partial charge is 0.339 e. The summed E-state index contributed by atoms with van der Waals surface area (Å²) in [5, 5.41) is 30.9. The third kappa shape index (κ3) is 7.35. The van der Waals surface area contributed by atoms with Gasteiger partial charge in [-0.25, -0.2) is 0 Å². The predicted molar refractivity (Wildman–Crippen MR) is 198 cm³/mol. The van der Waals surface area contributed by atoms with Crippen molar-refractivity contribution >= 4 is 51.3 Å². The summed E-state index contributed by atoms with van der Waals surface area (Å²) in [6, 6.07) is 24.5. The SMILES string of the molecule is C1=C(c2cscc2-c2cc(Nc3ccccc3)n[nH]2)CCCC1.[HH].c1ccc(Nc2cc(-c3cscc3C3CCCCC3)[nH]n2)cc1. The Balaban J connectivity index is 0.000000161. The van der Waals surface area contributed by atoms with Crippen LogP contribution in [0.25, 0.3) is 28.1 Å². The Morgan fingerprint density at radius 2 is 1.22 bits per heavy atom. The molecule has 46 heavy (non-hydrogen) atoms. The van der Waals surface area contributed by atoms with Gasteiger partial charge in [-0.3, -0.25) is 10.2 Å². The highest BCUT2D eigenvalue weighted by molar-refractivity contribution is 7.08. The Bertz CT molecular complexity index is 1850. The second-order valence-electron chi connectivity index (χ2n) is 12.1. The fraction of sp³-hybridized carbons (Fsp3) is 0.263. The summed E-state index contributed by atoms with van der Waals surface area (Å²) in [6.45, 7) is 0. The summed E-state index contributed by atoms with van der Waals surface area (Å²) < 4.78 is 0. The van der Waals surface area contributed by atoms with Gasteiger partial charge in [0.2, 0.25) is 0 Å². The van der Waals surface area contributed by atoms with Crippen LogP contribution in [0.3, 0.4) is 0 Å². The summed E-state index contributed by atoms with van der Waals surface area (Å²) in [4.78, 5) is 0. The minimum Gasteiger partial charge on any atom is -0.339 e. The van der Waals surface area contributed by atoms with Crippen molar-refractivity contribution in [1.29, 1.82) is 0 Å². The van der Waals surface area contributed by atoms with Crippen molar-refractivity contribution in [1.82, 2.24) is 20.4 Å². The molecule has 0 amide bonds. The number of hydrogen-bond acceptors (Lipinski definition) is 6. The highest BCUT2D eigenvalue weighted by Gasteiger charge is 2.21. The quantitative estimate of drug-likeness (QED) is 0.133. The van der Waals surface area contributed by atoms with Gasteiger partial charge in [0, 0.05) is 46.8 Å². The summed E-state index contributed by atoms with van der Waals surface area (Å²) in [5.41, 5.74) is 11.2. The molecule has 1 fully saturated rings. The molecule has 4 aromatic heterocycles. The molecule has 8 heteroatoms. The normalized spacial score (nSPS) is 15.1. The summed E-state index contributed by atoms with van der Waals surface area (Å²) in [6.07, 6.45) is 14.2. The number of nitrogens with one attached hydrogen (secondary N) is 4. The molecule has 0 atom stereocenters. The van der Waals surface area contributed by atoms with Crippen LogP contribution in [-0.4, -0.2) is 20.4 Å². The number of H-pyrrole nitrogens is 2. The summed E-state index contributed by atoms with van der Waals surface area (Å²) in [5.74, 6) is 2.44. The highest BCUT2D eigenvalue weighted by Crippen LogP contribution is 2.40. The standard InChI is InChI=1S/C19H21N3S.C19H19N3S.H2/c2*1-3-7-14(8-4-1)16-12-23-13-17(16)18-11-19(22-21-18)20-15-9-5-2-6-10-15;/h2,5-6,9-14H,1,3-4,7-8H2,(H2,20,21,22);2,5-7,9-13H,1,3-4,8H2,(H2,20,21,22);1H.